The largest absolute Gasteiger partial charge is 0.479 e. The average Bonchev–Trinajstić information content (AvgIpc) is 3.88. The second-order valence-electron chi connectivity index (χ2n) is 11.2. The van der Waals surface area contributed by atoms with Gasteiger partial charge in [0, 0.05) is 36.6 Å². The number of aromatic amines is 1. The maximum Gasteiger partial charge on any atom is 0.411 e. The molecule has 13 heteroatoms. The van der Waals surface area contributed by atoms with Gasteiger partial charge in [0.1, 0.15) is 12.7 Å². The highest BCUT2D eigenvalue weighted by molar-refractivity contribution is 7.92. The van der Waals surface area contributed by atoms with Crippen molar-refractivity contribution in [1.29, 1.82) is 0 Å². The van der Waals surface area contributed by atoms with Gasteiger partial charge in [-0.1, -0.05) is 24.3 Å². The van der Waals surface area contributed by atoms with E-state index in [4.69, 9.17) is 9.47 Å². The molecule has 3 aromatic carbocycles. The monoisotopic (exact) mass is 648 g/mol. The number of aromatic nitrogens is 1. The van der Waals surface area contributed by atoms with E-state index in [-0.39, 0.29) is 22.3 Å². The maximum absolute atomic E-state index is 12.8. The molecular formula is C33H36N4O8S. The van der Waals surface area contributed by atoms with Crippen LogP contribution < -0.4 is 21.5 Å². The predicted octanol–water partition coefficient (Wildman–Crippen LogP) is 4.67. The molecule has 1 heterocycles. The molecule has 0 radical (unpaired) electrons. The van der Waals surface area contributed by atoms with E-state index in [9.17, 15) is 27.9 Å². The molecule has 0 aliphatic heterocycles. The SMILES string of the molecule is CNCc1cc(NC(=O)OC[C@H](OC)c2ccc(C(Nc3ccc4cc[nH]c(=O)c4c3)C(=O)O)cc2C)ccc1S(=O)(=O)C1CC1. The minimum atomic E-state index is -3.41. The number of H-pyrrole nitrogens is 1. The molecule has 1 aliphatic rings. The summed E-state index contributed by atoms with van der Waals surface area (Å²) in [4.78, 5) is 40.0. The molecule has 1 fully saturated rings. The quantitative estimate of drug-likeness (QED) is 0.137. The van der Waals surface area contributed by atoms with Crippen molar-refractivity contribution in [3.63, 3.8) is 0 Å². The van der Waals surface area contributed by atoms with Crippen molar-refractivity contribution in [2.45, 2.75) is 48.6 Å². The number of sulfone groups is 1. The summed E-state index contributed by atoms with van der Waals surface area (Å²) in [6, 6.07) is 15.5. The van der Waals surface area contributed by atoms with E-state index >= 15 is 0 Å². The second kappa shape index (κ2) is 13.7. The standard InChI is InChI=1S/C33H36N4O8S/c1-19-14-21(30(32(39)40)36-24-6-4-20-12-13-35-31(38)27(20)16-24)5-10-26(19)28(44-3)18-45-33(41)37-23-7-11-29(22(15-23)17-34-2)46(42,43)25-8-9-25/h4-7,10-16,25,28,30,34,36H,8-9,17-18H2,1-3H3,(H,35,38)(H,37,41)(H,39,40)/t28-,30?/m0/s1. The Labute approximate surface area is 266 Å². The van der Waals surface area contributed by atoms with Gasteiger partial charge in [-0.3, -0.25) is 10.1 Å². The number of anilines is 2. The van der Waals surface area contributed by atoms with Crippen LogP contribution in [-0.2, 0) is 30.7 Å². The van der Waals surface area contributed by atoms with Crippen LogP contribution in [0.15, 0.2) is 76.6 Å². The summed E-state index contributed by atoms with van der Waals surface area (Å²) < 4.78 is 36.7. The molecule has 242 valence electrons. The summed E-state index contributed by atoms with van der Waals surface area (Å²) in [5.74, 6) is -1.10. The highest BCUT2D eigenvalue weighted by Crippen LogP contribution is 2.36. The molecule has 5 rings (SSSR count). The number of pyridine rings is 1. The Hall–Kier alpha value is -4.72. The minimum Gasteiger partial charge on any atom is -0.479 e. The zero-order valence-corrected chi connectivity index (χ0v) is 26.4. The summed E-state index contributed by atoms with van der Waals surface area (Å²) in [5, 5.41) is 19.5. The maximum atomic E-state index is 12.8. The highest BCUT2D eigenvalue weighted by atomic mass is 32.2. The number of carbonyl (C=O) groups is 2. The van der Waals surface area contributed by atoms with Crippen LogP contribution in [0.1, 0.15) is 47.2 Å². The molecule has 1 amide bonds. The van der Waals surface area contributed by atoms with E-state index in [0.29, 0.717) is 52.8 Å². The Bertz CT molecular complexity index is 1940. The van der Waals surface area contributed by atoms with Crippen LogP contribution in [0, 0.1) is 6.92 Å². The number of nitrogens with one attached hydrogen (secondary N) is 4. The van der Waals surface area contributed by atoms with Gasteiger partial charge in [-0.2, -0.15) is 0 Å². The normalized spacial score (nSPS) is 14.4. The second-order valence-corrected chi connectivity index (χ2v) is 13.4. The molecule has 0 bridgehead atoms. The van der Waals surface area contributed by atoms with E-state index in [1.165, 1.54) is 19.2 Å². The van der Waals surface area contributed by atoms with Gasteiger partial charge in [0.05, 0.1) is 10.1 Å². The van der Waals surface area contributed by atoms with E-state index in [2.05, 4.69) is 20.9 Å². The van der Waals surface area contributed by atoms with Crippen LogP contribution in [0.2, 0.25) is 0 Å². The van der Waals surface area contributed by atoms with Gasteiger partial charge in [-0.05, 0) is 90.9 Å². The van der Waals surface area contributed by atoms with Gasteiger partial charge in [0.2, 0.25) is 0 Å². The van der Waals surface area contributed by atoms with Gasteiger partial charge in [0.15, 0.2) is 15.9 Å². The summed E-state index contributed by atoms with van der Waals surface area (Å²) in [6.07, 6.45) is 1.48. The van der Waals surface area contributed by atoms with Crippen LogP contribution in [0.4, 0.5) is 16.2 Å². The Morgan fingerprint density at radius 1 is 1.04 bits per heavy atom. The Morgan fingerprint density at radius 3 is 2.48 bits per heavy atom. The number of carbonyl (C=O) groups excluding carboxylic acids is 1. The first-order chi connectivity index (χ1) is 22.0. The first-order valence-corrected chi connectivity index (χ1v) is 16.3. The fraction of sp³-hybridized carbons (Fsp3) is 0.303. The molecule has 0 saturated heterocycles. The molecule has 12 nitrogen and oxygen atoms in total. The zero-order chi connectivity index (χ0) is 33.0. The molecule has 0 spiro atoms. The summed E-state index contributed by atoms with van der Waals surface area (Å²) in [7, 11) is -0.218. The van der Waals surface area contributed by atoms with Crippen LogP contribution in [0.5, 0.6) is 0 Å². The lowest BCUT2D eigenvalue weighted by Gasteiger charge is -2.21. The molecule has 1 aliphatic carbocycles. The number of hydrogen-bond acceptors (Lipinski definition) is 9. The summed E-state index contributed by atoms with van der Waals surface area (Å²) >= 11 is 0. The molecule has 1 unspecified atom stereocenters. The number of amides is 1. The minimum absolute atomic E-state index is 0.133. The van der Waals surface area contributed by atoms with Crippen LogP contribution in [0.3, 0.4) is 0 Å². The van der Waals surface area contributed by atoms with Crippen LogP contribution >= 0.6 is 0 Å². The van der Waals surface area contributed by atoms with Crippen molar-refractivity contribution in [1.82, 2.24) is 10.3 Å². The Morgan fingerprint density at radius 2 is 1.80 bits per heavy atom. The van der Waals surface area contributed by atoms with Crippen molar-refractivity contribution >= 4 is 44.0 Å². The molecule has 1 saturated carbocycles. The van der Waals surface area contributed by atoms with Crippen molar-refractivity contribution in [2.75, 3.05) is 31.4 Å². The van der Waals surface area contributed by atoms with E-state index in [0.717, 1.165) is 10.9 Å². The van der Waals surface area contributed by atoms with Gasteiger partial charge >= 0.3 is 12.1 Å². The van der Waals surface area contributed by atoms with E-state index in [1.54, 1.807) is 68.7 Å². The molecule has 46 heavy (non-hydrogen) atoms. The Balaban J connectivity index is 1.26. The fourth-order valence-corrected chi connectivity index (χ4v) is 7.25. The number of methoxy groups -OCH3 is 1. The van der Waals surface area contributed by atoms with Crippen LogP contribution in [0.25, 0.3) is 10.8 Å². The van der Waals surface area contributed by atoms with Crippen molar-refractivity contribution in [3.8, 4) is 0 Å². The lowest BCUT2D eigenvalue weighted by Crippen LogP contribution is -2.22. The molecular weight excluding hydrogens is 612 g/mol. The number of rotatable bonds is 13. The third-order valence-corrected chi connectivity index (χ3v) is 10.3. The number of fused-ring (bicyclic) bond motifs is 1. The lowest BCUT2D eigenvalue weighted by atomic mass is 9.97. The van der Waals surface area contributed by atoms with Gasteiger partial charge < -0.3 is 30.2 Å². The van der Waals surface area contributed by atoms with Crippen molar-refractivity contribution < 1.29 is 32.6 Å². The van der Waals surface area contributed by atoms with Crippen molar-refractivity contribution in [3.05, 3.63) is 99.5 Å². The number of benzene rings is 3. The average molecular weight is 649 g/mol. The molecule has 5 N–H and O–H groups in total. The lowest BCUT2D eigenvalue weighted by molar-refractivity contribution is -0.138. The fourth-order valence-electron chi connectivity index (χ4n) is 5.38. The van der Waals surface area contributed by atoms with Crippen molar-refractivity contribution in [2.24, 2.45) is 0 Å². The number of carboxylic acids is 1. The zero-order valence-electron chi connectivity index (χ0n) is 25.6. The van der Waals surface area contributed by atoms with E-state index in [1.807, 2.05) is 0 Å². The van der Waals surface area contributed by atoms with E-state index < -0.39 is 34.0 Å². The predicted molar refractivity (Wildman–Crippen MR) is 174 cm³/mol. The number of carboxylic acid groups (broad SMARTS) is 1. The van der Waals surface area contributed by atoms with Gasteiger partial charge in [-0.25, -0.2) is 18.0 Å². The highest BCUT2D eigenvalue weighted by Gasteiger charge is 2.38. The van der Waals surface area contributed by atoms with Gasteiger partial charge in [-0.15, -0.1) is 0 Å². The Kier molecular flexibility index (Phi) is 9.75. The smallest absolute Gasteiger partial charge is 0.411 e. The summed E-state index contributed by atoms with van der Waals surface area (Å²) in [5.41, 5.74) is 3.06. The first-order valence-electron chi connectivity index (χ1n) is 14.7. The van der Waals surface area contributed by atoms with Crippen LogP contribution in [-0.4, -0.2) is 56.6 Å². The first kappa shape index (κ1) is 32.7. The topological polar surface area (TPSA) is 176 Å². The third-order valence-electron chi connectivity index (χ3n) is 7.90. The third kappa shape index (κ3) is 7.22. The number of aryl methyl sites for hydroxylation is 1. The molecule has 4 aromatic rings. The number of aliphatic carboxylic acids is 1. The molecule has 1 aromatic heterocycles. The summed E-state index contributed by atoms with van der Waals surface area (Å²) in [6.45, 7) is 1.99. The number of ether oxygens (including phenoxy) is 2. The number of hydrogen-bond donors (Lipinski definition) is 5. The molecule has 2 atom stereocenters. The van der Waals surface area contributed by atoms with Gasteiger partial charge in [0.25, 0.3) is 5.56 Å².